The Balaban J connectivity index is 1.94. The number of nitro benzene ring substituents is 1. The third-order valence-electron chi connectivity index (χ3n) is 3.20. The summed E-state index contributed by atoms with van der Waals surface area (Å²) in [6.07, 6.45) is -0.345. The summed E-state index contributed by atoms with van der Waals surface area (Å²) in [4.78, 5) is 21.5. The Morgan fingerprint density at radius 3 is 2.38 bits per heavy atom. The summed E-state index contributed by atoms with van der Waals surface area (Å²) >= 11 is 0. The number of carbonyl (C=O) groups is 1. The first-order valence-corrected chi connectivity index (χ1v) is 8.66. The van der Waals surface area contributed by atoms with Gasteiger partial charge in [0.15, 0.2) is 0 Å². The van der Waals surface area contributed by atoms with Crippen LogP contribution in [0.1, 0.15) is 6.42 Å². The van der Waals surface area contributed by atoms with Gasteiger partial charge in [-0.25, -0.2) is 21.9 Å². The van der Waals surface area contributed by atoms with E-state index in [0.717, 1.165) is 42.5 Å². The van der Waals surface area contributed by atoms with Crippen molar-refractivity contribution >= 4 is 27.3 Å². The maximum absolute atomic E-state index is 13.6. The van der Waals surface area contributed by atoms with E-state index in [4.69, 9.17) is 0 Å². The van der Waals surface area contributed by atoms with E-state index in [1.807, 2.05) is 0 Å². The summed E-state index contributed by atoms with van der Waals surface area (Å²) in [5.41, 5.74) is -0.788. The Bertz CT molecular complexity index is 933. The number of amides is 1. The standard InChI is InChI=1S/C15H13F2N3O5S/c16-10-1-4-12(5-2-10)26(24,25)18-8-7-15(21)19-14-9-11(20(22)23)3-6-13(14)17/h1-6,9,18H,7-8H2,(H,19,21). The van der Waals surface area contributed by atoms with Gasteiger partial charge in [0, 0.05) is 25.1 Å². The molecule has 8 nitrogen and oxygen atoms in total. The molecule has 0 aliphatic rings. The monoisotopic (exact) mass is 385 g/mol. The highest BCUT2D eigenvalue weighted by Gasteiger charge is 2.16. The van der Waals surface area contributed by atoms with Gasteiger partial charge < -0.3 is 5.32 Å². The van der Waals surface area contributed by atoms with E-state index in [1.165, 1.54) is 0 Å². The molecule has 2 aromatic carbocycles. The van der Waals surface area contributed by atoms with Gasteiger partial charge in [-0.1, -0.05) is 0 Å². The zero-order chi connectivity index (χ0) is 19.3. The maximum atomic E-state index is 13.6. The first-order valence-electron chi connectivity index (χ1n) is 7.18. The maximum Gasteiger partial charge on any atom is 0.271 e. The first-order chi connectivity index (χ1) is 12.2. The number of anilines is 1. The average molecular weight is 385 g/mol. The molecule has 2 rings (SSSR count). The molecule has 0 aromatic heterocycles. The molecule has 11 heteroatoms. The van der Waals surface area contributed by atoms with Gasteiger partial charge in [0.1, 0.15) is 11.6 Å². The van der Waals surface area contributed by atoms with Crippen LogP contribution in [-0.2, 0) is 14.8 Å². The SMILES string of the molecule is O=C(CCNS(=O)(=O)c1ccc(F)cc1)Nc1cc([N+](=O)[O-])ccc1F. The summed E-state index contributed by atoms with van der Waals surface area (Å²) in [5, 5.41) is 12.8. The molecular formula is C15H13F2N3O5S. The summed E-state index contributed by atoms with van der Waals surface area (Å²) < 4.78 is 52.4. The van der Waals surface area contributed by atoms with Gasteiger partial charge in [-0.15, -0.1) is 0 Å². The van der Waals surface area contributed by atoms with Crippen LogP contribution in [0.25, 0.3) is 0 Å². The van der Waals surface area contributed by atoms with Crippen molar-refractivity contribution in [1.29, 1.82) is 0 Å². The fraction of sp³-hybridized carbons (Fsp3) is 0.133. The van der Waals surface area contributed by atoms with Crippen molar-refractivity contribution in [1.82, 2.24) is 4.72 Å². The first kappa shape index (κ1) is 19.4. The van der Waals surface area contributed by atoms with Crippen molar-refractivity contribution in [2.75, 3.05) is 11.9 Å². The largest absolute Gasteiger partial charge is 0.323 e. The zero-order valence-electron chi connectivity index (χ0n) is 13.1. The highest BCUT2D eigenvalue weighted by molar-refractivity contribution is 7.89. The lowest BCUT2D eigenvalue weighted by atomic mass is 10.2. The molecular weight excluding hydrogens is 372 g/mol. The van der Waals surface area contributed by atoms with Crippen LogP contribution in [0, 0.1) is 21.7 Å². The highest BCUT2D eigenvalue weighted by atomic mass is 32.2. The lowest BCUT2D eigenvalue weighted by Crippen LogP contribution is -2.28. The predicted molar refractivity (Wildman–Crippen MR) is 87.9 cm³/mol. The van der Waals surface area contributed by atoms with Gasteiger partial charge in [-0.05, 0) is 30.3 Å². The van der Waals surface area contributed by atoms with E-state index in [-0.39, 0.29) is 23.5 Å². The van der Waals surface area contributed by atoms with Gasteiger partial charge in [0.05, 0.1) is 15.5 Å². The van der Waals surface area contributed by atoms with E-state index >= 15 is 0 Å². The number of nitro groups is 1. The number of hydrogen-bond donors (Lipinski definition) is 2. The van der Waals surface area contributed by atoms with E-state index in [2.05, 4.69) is 10.0 Å². The molecule has 2 aromatic rings. The van der Waals surface area contributed by atoms with Crippen LogP contribution in [0.3, 0.4) is 0 Å². The van der Waals surface area contributed by atoms with Crippen LogP contribution in [-0.4, -0.2) is 25.8 Å². The number of hydrogen-bond acceptors (Lipinski definition) is 5. The van der Waals surface area contributed by atoms with Crippen LogP contribution in [0.15, 0.2) is 47.4 Å². The van der Waals surface area contributed by atoms with Crippen molar-refractivity contribution in [3.63, 3.8) is 0 Å². The zero-order valence-corrected chi connectivity index (χ0v) is 13.9. The van der Waals surface area contributed by atoms with Crippen molar-refractivity contribution in [2.45, 2.75) is 11.3 Å². The minimum Gasteiger partial charge on any atom is -0.323 e. The topological polar surface area (TPSA) is 118 Å². The molecule has 1 amide bonds. The molecule has 0 heterocycles. The second-order valence-corrected chi connectivity index (χ2v) is 6.84. The average Bonchev–Trinajstić information content (AvgIpc) is 2.57. The van der Waals surface area contributed by atoms with E-state index < -0.39 is 38.2 Å². The smallest absolute Gasteiger partial charge is 0.271 e. The quantitative estimate of drug-likeness (QED) is 0.559. The van der Waals surface area contributed by atoms with Gasteiger partial charge >= 0.3 is 0 Å². The Morgan fingerprint density at radius 2 is 1.77 bits per heavy atom. The number of nitrogens with one attached hydrogen (secondary N) is 2. The van der Waals surface area contributed by atoms with Gasteiger partial charge in [0.25, 0.3) is 5.69 Å². The molecule has 0 radical (unpaired) electrons. The molecule has 0 fully saturated rings. The predicted octanol–water partition coefficient (Wildman–Crippen LogP) is 2.18. The lowest BCUT2D eigenvalue weighted by molar-refractivity contribution is -0.384. The number of nitrogens with zero attached hydrogens (tertiary/aromatic N) is 1. The molecule has 0 bridgehead atoms. The number of rotatable bonds is 7. The van der Waals surface area contributed by atoms with Crippen LogP contribution >= 0.6 is 0 Å². The molecule has 0 unspecified atom stereocenters. The molecule has 138 valence electrons. The van der Waals surface area contributed by atoms with Crippen molar-refractivity contribution in [3.8, 4) is 0 Å². The number of halogens is 2. The second kappa shape index (κ2) is 7.97. The molecule has 0 aliphatic heterocycles. The van der Waals surface area contributed by atoms with Gasteiger partial charge in [-0.3, -0.25) is 14.9 Å². The molecule has 2 N–H and O–H groups in total. The molecule has 0 saturated heterocycles. The number of non-ortho nitro benzene ring substituents is 1. The molecule has 0 saturated carbocycles. The molecule has 26 heavy (non-hydrogen) atoms. The van der Waals surface area contributed by atoms with E-state index in [1.54, 1.807) is 0 Å². The Morgan fingerprint density at radius 1 is 1.12 bits per heavy atom. The molecule has 0 atom stereocenters. The van der Waals surface area contributed by atoms with E-state index in [9.17, 15) is 32.1 Å². The number of carbonyl (C=O) groups excluding carboxylic acids is 1. The van der Waals surface area contributed by atoms with Gasteiger partial charge in [0.2, 0.25) is 15.9 Å². The van der Waals surface area contributed by atoms with Crippen molar-refractivity contribution < 1.29 is 26.9 Å². The Kier molecular flexibility index (Phi) is 5.95. The van der Waals surface area contributed by atoms with Crippen LogP contribution in [0.5, 0.6) is 0 Å². The fourth-order valence-electron chi connectivity index (χ4n) is 1.93. The van der Waals surface area contributed by atoms with Crippen LogP contribution in [0.2, 0.25) is 0 Å². The Hall–Kier alpha value is -2.92. The molecule has 0 aliphatic carbocycles. The Labute approximate surface area is 147 Å². The summed E-state index contributed by atoms with van der Waals surface area (Å²) in [6.45, 7) is -0.303. The lowest BCUT2D eigenvalue weighted by Gasteiger charge is -2.08. The molecule has 0 spiro atoms. The van der Waals surface area contributed by atoms with E-state index in [0.29, 0.717) is 0 Å². The highest BCUT2D eigenvalue weighted by Crippen LogP contribution is 2.21. The normalized spacial score (nSPS) is 11.2. The number of benzene rings is 2. The van der Waals surface area contributed by atoms with Crippen molar-refractivity contribution in [3.05, 3.63) is 64.2 Å². The summed E-state index contributed by atoms with van der Waals surface area (Å²) in [5.74, 6) is -2.20. The summed E-state index contributed by atoms with van der Waals surface area (Å²) in [7, 11) is -3.93. The third-order valence-corrected chi connectivity index (χ3v) is 4.68. The summed E-state index contributed by atoms with van der Waals surface area (Å²) in [6, 6.07) is 6.73. The number of sulfonamides is 1. The van der Waals surface area contributed by atoms with Crippen molar-refractivity contribution in [2.24, 2.45) is 0 Å². The van der Waals surface area contributed by atoms with Crippen LogP contribution in [0.4, 0.5) is 20.2 Å². The fourth-order valence-corrected chi connectivity index (χ4v) is 2.96. The van der Waals surface area contributed by atoms with Crippen LogP contribution < -0.4 is 10.0 Å². The van der Waals surface area contributed by atoms with Gasteiger partial charge in [-0.2, -0.15) is 0 Å². The minimum atomic E-state index is -3.93. The minimum absolute atomic E-state index is 0.177. The third kappa shape index (κ3) is 5.04. The second-order valence-electron chi connectivity index (χ2n) is 5.07.